The second kappa shape index (κ2) is 4.56. The molecule has 0 radical (unpaired) electrons. The number of H-pyrrole nitrogens is 2. The number of nitrogens with one attached hydrogen (secondary N) is 3. The molecule has 0 spiro atoms. The number of fused-ring (bicyclic) bond motifs is 10. The number of hydrogen-bond acceptors (Lipinski definition) is 2. The molecule has 0 saturated heterocycles. The standard InChI is InChI=1S/C20H12ClN3O2/c21-11-6-5-9-14-15-10(7-22-20(15)26)13-8-3-1-2-4-12(8)23-17(13)18(14)24-16(9)19(11)25/h1-6,11,23-24H,7H2,(H,22,26). The van der Waals surface area contributed by atoms with Gasteiger partial charge in [0, 0.05) is 33.8 Å². The van der Waals surface area contributed by atoms with Gasteiger partial charge in [0.05, 0.1) is 22.3 Å². The Morgan fingerprint density at radius 3 is 2.73 bits per heavy atom. The van der Waals surface area contributed by atoms with Gasteiger partial charge < -0.3 is 15.3 Å². The first kappa shape index (κ1) is 14.2. The van der Waals surface area contributed by atoms with Crippen LogP contribution in [-0.2, 0) is 6.54 Å². The minimum absolute atomic E-state index is 0.104. The average Bonchev–Trinajstić information content (AvgIpc) is 3.31. The van der Waals surface area contributed by atoms with Crippen molar-refractivity contribution in [2.24, 2.45) is 0 Å². The van der Waals surface area contributed by atoms with Gasteiger partial charge in [0.1, 0.15) is 5.38 Å². The molecule has 6 rings (SSSR count). The first-order chi connectivity index (χ1) is 12.6. The normalized spacial score (nSPS) is 18.7. The van der Waals surface area contributed by atoms with Crippen molar-refractivity contribution in [2.75, 3.05) is 0 Å². The summed E-state index contributed by atoms with van der Waals surface area (Å²) in [7, 11) is 0. The van der Waals surface area contributed by atoms with E-state index >= 15 is 0 Å². The molecule has 26 heavy (non-hydrogen) atoms. The third-order valence-electron chi connectivity index (χ3n) is 5.43. The lowest BCUT2D eigenvalue weighted by Gasteiger charge is -2.09. The topological polar surface area (TPSA) is 77.8 Å². The number of amides is 1. The highest BCUT2D eigenvalue weighted by Gasteiger charge is 2.33. The number of alkyl halides is 1. The molecule has 5 nitrogen and oxygen atoms in total. The molecule has 0 bridgehead atoms. The summed E-state index contributed by atoms with van der Waals surface area (Å²) in [5.41, 5.74) is 5.54. The highest BCUT2D eigenvalue weighted by Crippen LogP contribution is 2.42. The maximum atomic E-state index is 12.6. The second-order valence-corrected chi connectivity index (χ2v) is 7.22. The number of halogens is 1. The SMILES string of the molecule is O=C1NCc2c1c1c3c([nH]c1c1[nH]c4ccccc4c21)C(=O)C(Cl)C=C3. The summed E-state index contributed by atoms with van der Waals surface area (Å²) in [6.07, 6.45) is 3.52. The highest BCUT2D eigenvalue weighted by atomic mass is 35.5. The summed E-state index contributed by atoms with van der Waals surface area (Å²) in [5.74, 6) is -0.274. The fourth-order valence-electron chi connectivity index (χ4n) is 4.33. The summed E-state index contributed by atoms with van der Waals surface area (Å²) >= 11 is 6.11. The first-order valence-corrected chi connectivity index (χ1v) is 8.84. The molecule has 1 aliphatic heterocycles. The number of para-hydroxylation sites is 1. The van der Waals surface area contributed by atoms with Crippen LogP contribution in [0.3, 0.4) is 0 Å². The van der Waals surface area contributed by atoms with Crippen molar-refractivity contribution in [2.45, 2.75) is 11.9 Å². The van der Waals surface area contributed by atoms with E-state index in [0.29, 0.717) is 17.8 Å². The molecular weight excluding hydrogens is 350 g/mol. The van der Waals surface area contributed by atoms with E-state index in [0.717, 1.165) is 43.8 Å². The molecule has 126 valence electrons. The third kappa shape index (κ3) is 1.52. The number of Topliss-reactive ketones (excluding diaryl/α,β-unsaturated/α-hetero) is 1. The van der Waals surface area contributed by atoms with Crippen LogP contribution < -0.4 is 5.32 Å². The van der Waals surface area contributed by atoms with Gasteiger partial charge in [-0.25, -0.2) is 0 Å². The van der Waals surface area contributed by atoms with E-state index in [9.17, 15) is 9.59 Å². The predicted octanol–water partition coefficient (Wildman–Crippen LogP) is 3.86. The van der Waals surface area contributed by atoms with Crippen molar-refractivity contribution in [1.29, 1.82) is 0 Å². The molecule has 1 aliphatic carbocycles. The number of aromatic amines is 2. The molecule has 1 atom stereocenters. The van der Waals surface area contributed by atoms with Gasteiger partial charge in [-0.3, -0.25) is 9.59 Å². The quantitative estimate of drug-likeness (QED) is 0.416. The van der Waals surface area contributed by atoms with Gasteiger partial charge in [-0.05, 0) is 11.6 Å². The largest absolute Gasteiger partial charge is 0.353 e. The van der Waals surface area contributed by atoms with Crippen molar-refractivity contribution < 1.29 is 9.59 Å². The minimum Gasteiger partial charge on any atom is -0.353 e. The molecule has 4 aromatic rings. The Kier molecular flexibility index (Phi) is 2.48. The molecule has 1 amide bonds. The Labute approximate surface area is 152 Å². The molecule has 2 aromatic heterocycles. The fraction of sp³-hybridized carbons (Fsp3) is 0.100. The van der Waals surface area contributed by atoms with Gasteiger partial charge in [0.25, 0.3) is 5.91 Å². The van der Waals surface area contributed by atoms with Crippen molar-refractivity contribution in [1.82, 2.24) is 15.3 Å². The van der Waals surface area contributed by atoms with Crippen LogP contribution in [0.1, 0.15) is 32.0 Å². The second-order valence-electron chi connectivity index (χ2n) is 6.75. The molecular formula is C20H12ClN3O2. The molecule has 0 saturated carbocycles. The van der Waals surface area contributed by atoms with Crippen molar-refractivity contribution in [3.8, 4) is 0 Å². The molecule has 2 aliphatic rings. The van der Waals surface area contributed by atoms with E-state index in [1.165, 1.54) is 0 Å². The van der Waals surface area contributed by atoms with Crippen LogP contribution in [0.2, 0.25) is 0 Å². The lowest BCUT2D eigenvalue weighted by atomic mass is 9.94. The zero-order valence-electron chi connectivity index (χ0n) is 13.4. The average molecular weight is 362 g/mol. The Bertz CT molecular complexity index is 1340. The number of ketones is 1. The number of carbonyl (C=O) groups excluding carboxylic acids is 2. The number of hydrogen-bond donors (Lipinski definition) is 3. The lowest BCUT2D eigenvalue weighted by molar-refractivity contribution is 0.0964. The number of aromatic nitrogens is 2. The summed E-state index contributed by atoms with van der Waals surface area (Å²) < 4.78 is 0. The predicted molar refractivity (Wildman–Crippen MR) is 102 cm³/mol. The maximum absolute atomic E-state index is 12.6. The third-order valence-corrected chi connectivity index (χ3v) is 5.77. The van der Waals surface area contributed by atoms with Crippen molar-refractivity contribution in [3.63, 3.8) is 0 Å². The molecule has 2 aromatic carbocycles. The van der Waals surface area contributed by atoms with Gasteiger partial charge in [-0.15, -0.1) is 11.6 Å². The van der Waals surface area contributed by atoms with Crippen LogP contribution in [0, 0.1) is 0 Å². The molecule has 3 heterocycles. The summed E-state index contributed by atoms with van der Waals surface area (Å²) in [5, 5.41) is 5.14. The first-order valence-electron chi connectivity index (χ1n) is 8.40. The van der Waals surface area contributed by atoms with Crippen LogP contribution in [0.4, 0.5) is 0 Å². The summed E-state index contributed by atoms with van der Waals surface area (Å²) in [6.45, 7) is 0.484. The zero-order valence-corrected chi connectivity index (χ0v) is 14.2. The minimum atomic E-state index is -0.685. The Morgan fingerprint density at radius 1 is 1.04 bits per heavy atom. The Hall–Kier alpha value is -3.05. The van der Waals surface area contributed by atoms with Gasteiger partial charge in [0.15, 0.2) is 0 Å². The van der Waals surface area contributed by atoms with Crippen LogP contribution >= 0.6 is 11.6 Å². The van der Waals surface area contributed by atoms with Gasteiger partial charge >= 0.3 is 0 Å². The summed E-state index contributed by atoms with van der Waals surface area (Å²) in [4.78, 5) is 31.9. The highest BCUT2D eigenvalue weighted by molar-refractivity contribution is 6.38. The van der Waals surface area contributed by atoms with Crippen molar-refractivity contribution >= 4 is 62.1 Å². The molecule has 3 N–H and O–H groups in total. The maximum Gasteiger partial charge on any atom is 0.252 e. The monoisotopic (exact) mass is 361 g/mol. The number of allylic oxidation sites excluding steroid dienone is 1. The number of carbonyl (C=O) groups is 2. The van der Waals surface area contributed by atoms with E-state index in [1.807, 2.05) is 30.3 Å². The van der Waals surface area contributed by atoms with Crippen molar-refractivity contribution in [3.05, 3.63) is 52.7 Å². The molecule has 6 heteroatoms. The smallest absolute Gasteiger partial charge is 0.252 e. The van der Waals surface area contributed by atoms with E-state index < -0.39 is 5.38 Å². The van der Waals surface area contributed by atoms with E-state index in [-0.39, 0.29) is 11.7 Å². The zero-order chi connectivity index (χ0) is 17.6. The Morgan fingerprint density at radius 2 is 1.85 bits per heavy atom. The van der Waals surface area contributed by atoms with Gasteiger partial charge in [-0.2, -0.15) is 0 Å². The number of rotatable bonds is 0. The molecule has 0 fully saturated rings. The fourth-order valence-corrected chi connectivity index (χ4v) is 4.51. The van der Waals surface area contributed by atoms with Crippen LogP contribution in [0.15, 0.2) is 30.3 Å². The van der Waals surface area contributed by atoms with E-state index in [1.54, 1.807) is 6.08 Å². The van der Waals surface area contributed by atoms with Crippen LogP contribution in [0.5, 0.6) is 0 Å². The molecule has 1 unspecified atom stereocenters. The van der Waals surface area contributed by atoms with Gasteiger partial charge in [0.2, 0.25) is 5.78 Å². The van der Waals surface area contributed by atoms with E-state index in [2.05, 4.69) is 15.3 Å². The Balaban J connectivity index is 1.91. The lowest BCUT2D eigenvalue weighted by Crippen LogP contribution is -2.17. The number of benzene rings is 2. The van der Waals surface area contributed by atoms with Gasteiger partial charge in [-0.1, -0.05) is 30.4 Å². The summed E-state index contributed by atoms with van der Waals surface area (Å²) in [6, 6.07) is 8.02. The van der Waals surface area contributed by atoms with E-state index in [4.69, 9.17) is 11.6 Å². The van der Waals surface area contributed by atoms with Crippen LogP contribution in [0.25, 0.3) is 38.8 Å². The van der Waals surface area contributed by atoms with Crippen LogP contribution in [-0.4, -0.2) is 27.0 Å².